The molecule has 3 rings (SSSR count). The second-order valence-corrected chi connectivity index (χ2v) is 5.78. The molecule has 1 amide bonds. The molecule has 0 unspecified atom stereocenters. The number of amides is 1. The van der Waals surface area contributed by atoms with Crippen molar-refractivity contribution in [3.05, 3.63) is 23.9 Å². The molecule has 0 N–H and O–H groups in total. The molecule has 4 heteroatoms. The van der Waals surface area contributed by atoms with Gasteiger partial charge in [0.25, 0.3) is 5.91 Å². The summed E-state index contributed by atoms with van der Waals surface area (Å²) in [5.74, 6) is 1.06. The van der Waals surface area contributed by atoms with Crippen LogP contribution in [0, 0.1) is 0 Å². The molecule has 2 aliphatic heterocycles. The molecule has 3 heterocycles. The van der Waals surface area contributed by atoms with Crippen molar-refractivity contribution in [2.24, 2.45) is 0 Å². The molecule has 0 atom stereocenters. The van der Waals surface area contributed by atoms with Gasteiger partial charge in [-0.3, -0.25) is 4.79 Å². The predicted octanol–water partition coefficient (Wildman–Crippen LogP) is 2.70. The van der Waals surface area contributed by atoms with Gasteiger partial charge in [-0.1, -0.05) is 12.8 Å². The Kier molecular flexibility index (Phi) is 4.19. The van der Waals surface area contributed by atoms with Crippen LogP contribution in [0.3, 0.4) is 0 Å². The third-order valence-electron chi connectivity index (χ3n) is 4.32. The van der Waals surface area contributed by atoms with Crippen LogP contribution >= 0.6 is 0 Å². The lowest BCUT2D eigenvalue weighted by atomic mass is 10.2. The van der Waals surface area contributed by atoms with Gasteiger partial charge in [-0.15, -0.1) is 0 Å². The maximum Gasteiger partial charge on any atom is 0.257 e. The minimum Gasteiger partial charge on any atom is -0.356 e. The van der Waals surface area contributed by atoms with Gasteiger partial charge in [-0.25, -0.2) is 4.98 Å². The van der Waals surface area contributed by atoms with Crippen molar-refractivity contribution in [3.8, 4) is 0 Å². The number of likely N-dealkylation sites (tertiary alicyclic amines) is 1. The van der Waals surface area contributed by atoms with Gasteiger partial charge in [0.15, 0.2) is 0 Å². The maximum atomic E-state index is 12.8. The molecule has 1 aromatic heterocycles. The molecule has 2 aliphatic rings. The van der Waals surface area contributed by atoms with Crippen molar-refractivity contribution in [1.82, 2.24) is 9.88 Å². The molecule has 0 aliphatic carbocycles. The molecule has 1 aromatic rings. The van der Waals surface area contributed by atoms with Gasteiger partial charge >= 0.3 is 0 Å². The molecule has 0 aromatic carbocycles. The number of carbonyl (C=O) groups excluding carboxylic acids is 1. The van der Waals surface area contributed by atoms with Gasteiger partial charge in [0.05, 0.1) is 5.56 Å². The second-order valence-electron chi connectivity index (χ2n) is 5.78. The van der Waals surface area contributed by atoms with E-state index < -0.39 is 0 Å². The summed E-state index contributed by atoms with van der Waals surface area (Å²) in [5.41, 5.74) is 0.788. The fraction of sp³-hybridized carbons (Fsp3) is 0.625. The minimum absolute atomic E-state index is 0.168. The van der Waals surface area contributed by atoms with Gasteiger partial charge in [0.1, 0.15) is 5.82 Å². The third-order valence-corrected chi connectivity index (χ3v) is 4.32. The highest BCUT2D eigenvalue weighted by molar-refractivity contribution is 5.99. The lowest BCUT2D eigenvalue weighted by molar-refractivity contribution is 0.0762. The van der Waals surface area contributed by atoms with Crippen molar-refractivity contribution in [1.29, 1.82) is 0 Å². The Bertz CT molecular complexity index is 461. The van der Waals surface area contributed by atoms with Crippen LogP contribution in [0.25, 0.3) is 0 Å². The lowest BCUT2D eigenvalue weighted by Crippen LogP contribution is -2.33. The molecular formula is C16H23N3O. The highest BCUT2D eigenvalue weighted by Gasteiger charge is 2.24. The molecule has 4 nitrogen and oxygen atoms in total. The first-order valence-corrected chi connectivity index (χ1v) is 7.85. The lowest BCUT2D eigenvalue weighted by Gasteiger charge is -2.24. The summed E-state index contributed by atoms with van der Waals surface area (Å²) < 4.78 is 0. The number of hydrogen-bond acceptors (Lipinski definition) is 3. The van der Waals surface area contributed by atoms with Crippen LogP contribution in [0.15, 0.2) is 18.3 Å². The first-order valence-electron chi connectivity index (χ1n) is 7.85. The van der Waals surface area contributed by atoms with Crippen LogP contribution < -0.4 is 4.90 Å². The van der Waals surface area contributed by atoms with E-state index in [9.17, 15) is 4.79 Å². The molecule has 0 radical (unpaired) electrons. The van der Waals surface area contributed by atoms with E-state index in [1.807, 2.05) is 17.0 Å². The Labute approximate surface area is 120 Å². The standard InChI is InChI=1S/C16H23N3O/c20-16(19-12-3-1-2-4-13-19)14-8-7-9-17-15(14)18-10-5-6-11-18/h7-9H,1-6,10-13H2. The molecule has 0 bridgehead atoms. The van der Waals surface area contributed by atoms with E-state index in [-0.39, 0.29) is 5.91 Å². The molecule has 0 spiro atoms. The zero-order valence-corrected chi connectivity index (χ0v) is 12.1. The molecule has 2 saturated heterocycles. The SMILES string of the molecule is O=C(c1cccnc1N1CCCC1)N1CCCCCC1. The fourth-order valence-corrected chi connectivity index (χ4v) is 3.19. The Morgan fingerprint density at radius 3 is 2.30 bits per heavy atom. The van der Waals surface area contributed by atoms with Crippen LogP contribution in [0.1, 0.15) is 48.9 Å². The van der Waals surface area contributed by atoms with Crippen molar-refractivity contribution in [3.63, 3.8) is 0 Å². The Morgan fingerprint density at radius 2 is 1.60 bits per heavy atom. The second kappa shape index (κ2) is 6.25. The van der Waals surface area contributed by atoms with E-state index in [0.717, 1.165) is 50.4 Å². The number of anilines is 1. The number of pyridine rings is 1. The number of rotatable bonds is 2. The summed E-state index contributed by atoms with van der Waals surface area (Å²) in [7, 11) is 0. The topological polar surface area (TPSA) is 36.4 Å². The normalized spacial score (nSPS) is 20.0. The number of nitrogens with zero attached hydrogens (tertiary/aromatic N) is 3. The van der Waals surface area contributed by atoms with Crippen LogP contribution in [0.4, 0.5) is 5.82 Å². The quantitative estimate of drug-likeness (QED) is 0.831. The van der Waals surface area contributed by atoms with E-state index in [2.05, 4.69) is 9.88 Å². The summed E-state index contributed by atoms with van der Waals surface area (Å²) in [5, 5.41) is 0. The molecule has 0 saturated carbocycles. The van der Waals surface area contributed by atoms with Crippen LogP contribution in [0.2, 0.25) is 0 Å². The average molecular weight is 273 g/mol. The van der Waals surface area contributed by atoms with Crippen LogP contribution in [-0.2, 0) is 0 Å². The Morgan fingerprint density at radius 1 is 0.950 bits per heavy atom. The molecule has 108 valence electrons. The molecular weight excluding hydrogens is 250 g/mol. The largest absolute Gasteiger partial charge is 0.356 e. The first-order chi connectivity index (χ1) is 9.86. The van der Waals surface area contributed by atoms with Gasteiger partial charge < -0.3 is 9.80 Å². The van der Waals surface area contributed by atoms with Gasteiger partial charge in [-0.2, -0.15) is 0 Å². The van der Waals surface area contributed by atoms with Gasteiger partial charge in [-0.05, 0) is 37.8 Å². The highest BCUT2D eigenvalue weighted by Crippen LogP contribution is 2.24. The number of carbonyl (C=O) groups is 1. The maximum absolute atomic E-state index is 12.8. The van der Waals surface area contributed by atoms with Crippen molar-refractivity contribution in [2.75, 3.05) is 31.1 Å². The van der Waals surface area contributed by atoms with E-state index in [4.69, 9.17) is 0 Å². The predicted molar refractivity (Wildman–Crippen MR) is 80.1 cm³/mol. The average Bonchev–Trinajstić information content (AvgIpc) is 2.89. The van der Waals surface area contributed by atoms with Gasteiger partial charge in [0, 0.05) is 32.4 Å². The summed E-state index contributed by atoms with van der Waals surface area (Å²) in [6.45, 7) is 3.84. The van der Waals surface area contributed by atoms with Crippen LogP contribution in [0.5, 0.6) is 0 Å². The zero-order chi connectivity index (χ0) is 13.8. The first kappa shape index (κ1) is 13.4. The highest BCUT2D eigenvalue weighted by atomic mass is 16.2. The summed E-state index contributed by atoms with van der Waals surface area (Å²) in [4.78, 5) is 21.5. The van der Waals surface area contributed by atoms with E-state index >= 15 is 0 Å². The summed E-state index contributed by atoms with van der Waals surface area (Å²) in [6, 6.07) is 3.82. The summed E-state index contributed by atoms with van der Waals surface area (Å²) >= 11 is 0. The fourth-order valence-electron chi connectivity index (χ4n) is 3.19. The van der Waals surface area contributed by atoms with Crippen LogP contribution in [-0.4, -0.2) is 42.0 Å². The third kappa shape index (κ3) is 2.79. The monoisotopic (exact) mass is 273 g/mol. The Balaban J connectivity index is 1.83. The smallest absolute Gasteiger partial charge is 0.257 e. The van der Waals surface area contributed by atoms with Crippen molar-refractivity contribution in [2.45, 2.75) is 38.5 Å². The Hall–Kier alpha value is -1.58. The van der Waals surface area contributed by atoms with Crippen molar-refractivity contribution >= 4 is 11.7 Å². The van der Waals surface area contributed by atoms with Gasteiger partial charge in [0.2, 0.25) is 0 Å². The minimum atomic E-state index is 0.168. The van der Waals surface area contributed by atoms with Crippen molar-refractivity contribution < 1.29 is 4.79 Å². The molecule has 20 heavy (non-hydrogen) atoms. The zero-order valence-electron chi connectivity index (χ0n) is 12.1. The number of hydrogen-bond donors (Lipinski definition) is 0. The van der Waals surface area contributed by atoms with E-state index in [1.54, 1.807) is 6.20 Å². The van der Waals surface area contributed by atoms with E-state index in [1.165, 1.54) is 25.7 Å². The molecule has 2 fully saturated rings. The number of aromatic nitrogens is 1. The van der Waals surface area contributed by atoms with E-state index in [0.29, 0.717) is 0 Å². The summed E-state index contributed by atoms with van der Waals surface area (Å²) in [6.07, 6.45) is 8.95.